The molecule has 0 aliphatic heterocycles. The van der Waals surface area contributed by atoms with Gasteiger partial charge in [0.1, 0.15) is 0 Å². The minimum Gasteiger partial charge on any atom is -0.349 e. The van der Waals surface area contributed by atoms with Crippen LogP contribution in [-0.2, 0) is 11.2 Å². The number of benzene rings is 2. The van der Waals surface area contributed by atoms with Crippen molar-refractivity contribution < 1.29 is 4.79 Å². The number of hydrogen-bond donors (Lipinski definition) is 1. The fourth-order valence-corrected chi connectivity index (χ4v) is 2.70. The molecule has 0 fully saturated rings. The maximum Gasteiger partial charge on any atom is 0.220 e. The molecule has 2 aromatic carbocycles. The van der Waals surface area contributed by atoms with Gasteiger partial charge in [0, 0.05) is 6.42 Å². The first-order valence-electron chi connectivity index (χ1n) is 8.41. The topological polar surface area (TPSA) is 29.1 Å². The molecule has 0 aliphatic carbocycles. The molecule has 23 heavy (non-hydrogen) atoms. The Morgan fingerprint density at radius 2 is 1.70 bits per heavy atom. The van der Waals surface area contributed by atoms with Crippen molar-refractivity contribution >= 4 is 5.91 Å². The standard InChI is InChI=1S/C21H27NO/c1-5-20(19-11-6-15(2)7-12-19)22-21(23)13-10-18-9-8-16(3)17(4)14-18/h6-9,11-12,14,20H,5,10,13H2,1-4H3,(H,22,23)/t20-/m0/s1. The van der Waals surface area contributed by atoms with Crippen LogP contribution in [0.25, 0.3) is 0 Å². The van der Waals surface area contributed by atoms with Gasteiger partial charge in [-0.05, 0) is 55.9 Å². The second-order valence-corrected chi connectivity index (χ2v) is 6.36. The first kappa shape index (κ1) is 17.3. The molecule has 1 N–H and O–H groups in total. The van der Waals surface area contributed by atoms with Crippen LogP contribution in [0.2, 0.25) is 0 Å². The fraction of sp³-hybridized carbons (Fsp3) is 0.381. The maximum atomic E-state index is 12.3. The Balaban J connectivity index is 1.92. The summed E-state index contributed by atoms with van der Waals surface area (Å²) in [7, 11) is 0. The number of carbonyl (C=O) groups is 1. The molecule has 1 amide bonds. The zero-order valence-electron chi connectivity index (χ0n) is 14.6. The van der Waals surface area contributed by atoms with Crippen molar-refractivity contribution in [3.8, 4) is 0 Å². The SMILES string of the molecule is CC[C@H](NC(=O)CCc1ccc(C)c(C)c1)c1ccc(C)cc1. The van der Waals surface area contributed by atoms with Gasteiger partial charge in [0.2, 0.25) is 5.91 Å². The fourth-order valence-electron chi connectivity index (χ4n) is 2.70. The van der Waals surface area contributed by atoms with Gasteiger partial charge in [-0.15, -0.1) is 0 Å². The van der Waals surface area contributed by atoms with Crippen molar-refractivity contribution in [2.45, 2.75) is 53.0 Å². The highest BCUT2D eigenvalue weighted by Crippen LogP contribution is 2.18. The molecule has 0 saturated carbocycles. The monoisotopic (exact) mass is 309 g/mol. The molecule has 2 aromatic rings. The molecule has 1 atom stereocenters. The lowest BCUT2D eigenvalue weighted by Gasteiger charge is -2.18. The largest absolute Gasteiger partial charge is 0.349 e. The van der Waals surface area contributed by atoms with Crippen LogP contribution in [-0.4, -0.2) is 5.91 Å². The zero-order chi connectivity index (χ0) is 16.8. The third kappa shape index (κ3) is 4.95. The summed E-state index contributed by atoms with van der Waals surface area (Å²) in [6, 6.07) is 14.9. The van der Waals surface area contributed by atoms with E-state index in [0.29, 0.717) is 6.42 Å². The summed E-state index contributed by atoms with van der Waals surface area (Å²) in [5, 5.41) is 3.16. The van der Waals surface area contributed by atoms with Gasteiger partial charge in [-0.25, -0.2) is 0 Å². The van der Waals surface area contributed by atoms with Crippen LogP contribution in [0.1, 0.15) is 53.6 Å². The highest BCUT2D eigenvalue weighted by molar-refractivity contribution is 5.76. The third-order valence-corrected chi connectivity index (χ3v) is 4.44. The van der Waals surface area contributed by atoms with E-state index in [1.807, 2.05) is 0 Å². The molecular formula is C21H27NO. The molecule has 0 heterocycles. The molecule has 0 aliphatic rings. The normalized spacial score (nSPS) is 12.0. The van der Waals surface area contributed by atoms with Gasteiger partial charge < -0.3 is 5.32 Å². The summed E-state index contributed by atoms with van der Waals surface area (Å²) in [6.45, 7) is 8.41. The summed E-state index contributed by atoms with van der Waals surface area (Å²) >= 11 is 0. The molecule has 0 aromatic heterocycles. The average molecular weight is 309 g/mol. The first-order valence-corrected chi connectivity index (χ1v) is 8.41. The van der Waals surface area contributed by atoms with Crippen molar-refractivity contribution in [2.75, 3.05) is 0 Å². The van der Waals surface area contributed by atoms with Gasteiger partial charge in [-0.1, -0.05) is 55.0 Å². The summed E-state index contributed by atoms with van der Waals surface area (Å²) < 4.78 is 0. The Hall–Kier alpha value is -2.09. The summed E-state index contributed by atoms with van der Waals surface area (Å²) in [5.74, 6) is 0.121. The van der Waals surface area contributed by atoms with E-state index in [-0.39, 0.29) is 11.9 Å². The van der Waals surface area contributed by atoms with Gasteiger partial charge in [0.15, 0.2) is 0 Å². The van der Waals surface area contributed by atoms with Crippen molar-refractivity contribution in [1.82, 2.24) is 5.32 Å². The molecule has 0 bridgehead atoms. The molecule has 2 rings (SSSR count). The molecule has 0 radical (unpaired) electrons. The van der Waals surface area contributed by atoms with Gasteiger partial charge in [0.25, 0.3) is 0 Å². The van der Waals surface area contributed by atoms with Crippen LogP contribution in [0.4, 0.5) is 0 Å². The van der Waals surface area contributed by atoms with Gasteiger partial charge in [0.05, 0.1) is 6.04 Å². The summed E-state index contributed by atoms with van der Waals surface area (Å²) in [4.78, 5) is 12.3. The van der Waals surface area contributed by atoms with Gasteiger partial charge >= 0.3 is 0 Å². The van der Waals surface area contributed by atoms with E-state index in [0.717, 1.165) is 12.8 Å². The first-order chi connectivity index (χ1) is 11.0. The van der Waals surface area contributed by atoms with E-state index in [1.54, 1.807) is 0 Å². The number of nitrogens with one attached hydrogen (secondary N) is 1. The summed E-state index contributed by atoms with van der Waals surface area (Å²) in [6.07, 6.45) is 2.22. The van der Waals surface area contributed by atoms with Crippen LogP contribution in [0.3, 0.4) is 0 Å². The van der Waals surface area contributed by atoms with Crippen molar-refractivity contribution in [3.05, 3.63) is 70.3 Å². The van der Waals surface area contributed by atoms with Crippen molar-refractivity contribution in [3.63, 3.8) is 0 Å². The van der Waals surface area contributed by atoms with E-state index in [9.17, 15) is 4.79 Å². The lowest BCUT2D eigenvalue weighted by molar-refractivity contribution is -0.121. The predicted molar refractivity (Wildman–Crippen MR) is 96.6 cm³/mol. The van der Waals surface area contributed by atoms with E-state index < -0.39 is 0 Å². The highest BCUT2D eigenvalue weighted by atomic mass is 16.1. The zero-order valence-corrected chi connectivity index (χ0v) is 14.6. The van der Waals surface area contributed by atoms with Crippen molar-refractivity contribution in [2.24, 2.45) is 0 Å². The Morgan fingerprint density at radius 1 is 1.00 bits per heavy atom. The quantitative estimate of drug-likeness (QED) is 0.815. The number of amides is 1. The Labute approximate surface area is 139 Å². The second-order valence-electron chi connectivity index (χ2n) is 6.36. The van der Waals surface area contributed by atoms with Gasteiger partial charge in [-0.3, -0.25) is 4.79 Å². The predicted octanol–water partition coefficient (Wildman–Crippen LogP) is 4.81. The van der Waals surface area contributed by atoms with E-state index >= 15 is 0 Å². The number of hydrogen-bond acceptors (Lipinski definition) is 1. The van der Waals surface area contributed by atoms with E-state index in [4.69, 9.17) is 0 Å². The Kier molecular flexibility index (Phi) is 5.97. The highest BCUT2D eigenvalue weighted by Gasteiger charge is 2.12. The molecule has 2 nitrogen and oxygen atoms in total. The van der Waals surface area contributed by atoms with Crippen LogP contribution in [0, 0.1) is 20.8 Å². The third-order valence-electron chi connectivity index (χ3n) is 4.44. The molecule has 0 unspecified atom stereocenters. The summed E-state index contributed by atoms with van der Waals surface area (Å²) in [5.41, 5.74) is 6.23. The lowest BCUT2D eigenvalue weighted by atomic mass is 10.0. The van der Waals surface area contributed by atoms with Gasteiger partial charge in [-0.2, -0.15) is 0 Å². The minimum absolute atomic E-state index is 0.0999. The average Bonchev–Trinajstić information content (AvgIpc) is 2.54. The Morgan fingerprint density at radius 3 is 2.30 bits per heavy atom. The number of rotatable bonds is 6. The molecule has 2 heteroatoms. The van der Waals surface area contributed by atoms with Crippen molar-refractivity contribution in [1.29, 1.82) is 0 Å². The second kappa shape index (κ2) is 7.96. The maximum absolute atomic E-state index is 12.3. The number of carbonyl (C=O) groups excluding carboxylic acids is 1. The Bertz CT molecular complexity index is 658. The molecule has 0 saturated heterocycles. The molecule has 0 spiro atoms. The van der Waals surface area contributed by atoms with Crippen LogP contribution in [0.15, 0.2) is 42.5 Å². The number of aryl methyl sites for hydroxylation is 4. The van der Waals surface area contributed by atoms with Crippen LogP contribution >= 0.6 is 0 Å². The smallest absolute Gasteiger partial charge is 0.220 e. The lowest BCUT2D eigenvalue weighted by Crippen LogP contribution is -2.28. The molecule has 122 valence electrons. The molecular weight excluding hydrogens is 282 g/mol. The minimum atomic E-state index is 0.0999. The van der Waals surface area contributed by atoms with E-state index in [2.05, 4.69) is 75.5 Å². The van der Waals surface area contributed by atoms with E-state index in [1.165, 1.54) is 27.8 Å². The van der Waals surface area contributed by atoms with Crippen LogP contribution < -0.4 is 5.32 Å². The van der Waals surface area contributed by atoms with Crippen LogP contribution in [0.5, 0.6) is 0 Å².